The molecule has 0 saturated carbocycles. The zero-order valence-corrected chi connectivity index (χ0v) is 12.4. The molecular formula is C15H25N3O. The molecule has 2 N–H and O–H groups in total. The Balaban J connectivity index is 2.76. The van der Waals surface area contributed by atoms with Crippen LogP contribution >= 0.6 is 0 Å². The largest absolute Gasteiger partial charge is 0.369 e. The third-order valence-electron chi connectivity index (χ3n) is 3.45. The van der Waals surface area contributed by atoms with Crippen LogP contribution < -0.4 is 10.6 Å². The van der Waals surface area contributed by atoms with E-state index < -0.39 is 0 Å². The lowest BCUT2D eigenvalue weighted by molar-refractivity contribution is 0.0928. The van der Waals surface area contributed by atoms with E-state index in [2.05, 4.69) is 36.4 Å². The SMILES string of the molecule is CCCNc1ncccc1C(=O)NC(C)C(C)CC. The molecule has 19 heavy (non-hydrogen) atoms. The number of hydrogen-bond acceptors (Lipinski definition) is 3. The summed E-state index contributed by atoms with van der Waals surface area (Å²) in [5, 5.41) is 6.23. The Labute approximate surface area is 116 Å². The molecule has 0 spiro atoms. The van der Waals surface area contributed by atoms with E-state index in [9.17, 15) is 4.79 Å². The number of nitrogens with one attached hydrogen (secondary N) is 2. The first kappa shape index (κ1) is 15.5. The predicted molar refractivity (Wildman–Crippen MR) is 79.4 cm³/mol. The molecule has 0 saturated heterocycles. The van der Waals surface area contributed by atoms with Crippen molar-refractivity contribution in [3.63, 3.8) is 0 Å². The number of carbonyl (C=O) groups is 1. The Morgan fingerprint density at radius 2 is 2.11 bits per heavy atom. The minimum absolute atomic E-state index is 0.0560. The zero-order chi connectivity index (χ0) is 14.3. The number of rotatable bonds is 7. The summed E-state index contributed by atoms with van der Waals surface area (Å²) in [6.07, 6.45) is 3.75. The highest BCUT2D eigenvalue weighted by molar-refractivity contribution is 5.98. The van der Waals surface area contributed by atoms with Gasteiger partial charge in [-0.05, 0) is 31.4 Å². The molecular weight excluding hydrogens is 238 g/mol. The molecule has 1 heterocycles. The molecule has 0 fully saturated rings. The standard InChI is InChI=1S/C15H25N3O/c1-5-9-16-14-13(8-7-10-17-14)15(19)18-12(4)11(3)6-2/h7-8,10-12H,5-6,9H2,1-4H3,(H,16,17)(H,18,19). The second-order valence-electron chi connectivity index (χ2n) is 4.97. The first-order valence-corrected chi connectivity index (χ1v) is 7.09. The highest BCUT2D eigenvalue weighted by atomic mass is 16.1. The van der Waals surface area contributed by atoms with Gasteiger partial charge < -0.3 is 10.6 Å². The number of aromatic nitrogens is 1. The average Bonchev–Trinajstić information content (AvgIpc) is 2.44. The van der Waals surface area contributed by atoms with Crippen molar-refractivity contribution >= 4 is 11.7 Å². The first-order valence-electron chi connectivity index (χ1n) is 7.09. The molecule has 0 bridgehead atoms. The summed E-state index contributed by atoms with van der Waals surface area (Å²) in [4.78, 5) is 16.5. The van der Waals surface area contributed by atoms with Gasteiger partial charge in [0, 0.05) is 18.8 Å². The molecule has 4 heteroatoms. The molecule has 1 rings (SSSR count). The molecule has 2 unspecified atom stereocenters. The van der Waals surface area contributed by atoms with Gasteiger partial charge in [-0.3, -0.25) is 4.79 Å². The highest BCUT2D eigenvalue weighted by Gasteiger charge is 2.17. The quantitative estimate of drug-likeness (QED) is 0.795. The van der Waals surface area contributed by atoms with Crippen LogP contribution in [0.25, 0.3) is 0 Å². The Kier molecular flexibility index (Phi) is 6.33. The predicted octanol–water partition coefficient (Wildman–Crippen LogP) is 3.07. The molecule has 1 aromatic rings. The molecule has 106 valence electrons. The average molecular weight is 263 g/mol. The van der Waals surface area contributed by atoms with Crippen molar-refractivity contribution < 1.29 is 4.79 Å². The fourth-order valence-electron chi connectivity index (χ4n) is 1.75. The van der Waals surface area contributed by atoms with Crippen LogP contribution in [0.2, 0.25) is 0 Å². The Bertz CT molecular complexity index is 406. The van der Waals surface area contributed by atoms with Gasteiger partial charge in [-0.1, -0.05) is 27.2 Å². The molecule has 0 aliphatic carbocycles. The number of anilines is 1. The van der Waals surface area contributed by atoms with E-state index in [1.54, 1.807) is 12.3 Å². The van der Waals surface area contributed by atoms with Gasteiger partial charge in [-0.15, -0.1) is 0 Å². The normalized spacial score (nSPS) is 13.7. The maximum Gasteiger partial charge on any atom is 0.255 e. The van der Waals surface area contributed by atoms with Crippen LogP contribution in [0.5, 0.6) is 0 Å². The van der Waals surface area contributed by atoms with Crippen LogP contribution in [0.1, 0.15) is 50.9 Å². The molecule has 0 aromatic carbocycles. The maximum absolute atomic E-state index is 12.3. The van der Waals surface area contributed by atoms with Crippen molar-refractivity contribution in [1.29, 1.82) is 0 Å². The van der Waals surface area contributed by atoms with Gasteiger partial charge in [0.15, 0.2) is 0 Å². The number of hydrogen-bond donors (Lipinski definition) is 2. The molecule has 4 nitrogen and oxygen atoms in total. The van der Waals surface area contributed by atoms with E-state index in [1.807, 2.05) is 13.0 Å². The number of pyridine rings is 1. The van der Waals surface area contributed by atoms with Crippen LogP contribution in [-0.2, 0) is 0 Å². The van der Waals surface area contributed by atoms with Crippen molar-refractivity contribution in [3.05, 3.63) is 23.9 Å². The molecule has 0 aliphatic heterocycles. The monoisotopic (exact) mass is 263 g/mol. The van der Waals surface area contributed by atoms with E-state index >= 15 is 0 Å². The van der Waals surface area contributed by atoms with Gasteiger partial charge in [-0.2, -0.15) is 0 Å². The lowest BCUT2D eigenvalue weighted by Gasteiger charge is -2.20. The summed E-state index contributed by atoms with van der Waals surface area (Å²) in [6.45, 7) is 9.22. The van der Waals surface area contributed by atoms with Crippen molar-refractivity contribution in [3.8, 4) is 0 Å². The van der Waals surface area contributed by atoms with Gasteiger partial charge in [0.25, 0.3) is 5.91 Å². The minimum Gasteiger partial charge on any atom is -0.369 e. The van der Waals surface area contributed by atoms with E-state index in [0.717, 1.165) is 19.4 Å². The number of nitrogens with zero attached hydrogens (tertiary/aromatic N) is 1. The second kappa shape index (κ2) is 7.77. The van der Waals surface area contributed by atoms with Crippen LogP contribution in [0, 0.1) is 5.92 Å². The summed E-state index contributed by atoms with van der Waals surface area (Å²) < 4.78 is 0. The summed E-state index contributed by atoms with van der Waals surface area (Å²) in [5.74, 6) is 1.07. The Morgan fingerprint density at radius 1 is 1.37 bits per heavy atom. The molecule has 1 amide bonds. The molecule has 2 atom stereocenters. The summed E-state index contributed by atoms with van der Waals surface area (Å²) >= 11 is 0. The summed E-state index contributed by atoms with van der Waals surface area (Å²) in [7, 11) is 0. The van der Waals surface area contributed by atoms with E-state index in [0.29, 0.717) is 17.3 Å². The van der Waals surface area contributed by atoms with Gasteiger partial charge in [0.2, 0.25) is 0 Å². The first-order chi connectivity index (χ1) is 9.10. The Morgan fingerprint density at radius 3 is 2.74 bits per heavy atom. The van der Waals surface area contributed by atoms with E-state index in [4.69, 9.17) is 0 Å². The third-order valence-corrected chi connectivity index (χ3v) is 3.45. The minimum atomic E-state index is -0.0560. The smallest absolute Gasteiger partial charge is 0.255 e. The summed E-state index contributed by atoms with van der Waals surface area (Å²) in [5.41, 5.74) is 0.617. The highest BCUT2D eigenvalue weighted by Crippen LogP contribution is 2.13. The van der Waals surface area contributed by atoms with Gasteiger partial charge >= 0.3 is 0 Å². The number of amides is 1. The lowest BCUT2D eigenvalue weighted by atomic mass is 10.0. The fraction of sp³-hybridized carbons (Fsp3) is 0.600. The van der Waals surface area contributed by atoms with E-state index in [1.165, 1.54) is 0 Å². The molecule has 1 aromatic heterocycles. The topological polar surface area (TPSA) is 54.0 Å². The van der Waals surface area contributed by atoms with Crippen molar-refractivity contribution in [2.24, 2.45) is 5.92 Å². The van der Waals surface area contributed by atoms with E-state index in [-0.39, 0.29) is 11.9 Å². The zero-order valence-electron chi connectivity index (χ0n) is 12.4. The van der Waals surface area contributed by atoms with Crippen molar-refractivity contribution in [2.45, 2.75) is 46.6 Å². The lowest BCUT2D eigenvalue weighted by Crippen LogP contribution is -2.37. The van der Waals surface area contributed by atoms with Crippen LogP contribution in [0.4, 0.5) is 5.82 Å². The molecule has 0 aliphatic rings. The second-order valence-corrected chi connectivity index (χ2v) is 4.97. The van der Waals surface area contributed by atoms with Crippen molar-refractivity contribution in [2.75, 3.05) is 11.9 Å². The van der Waals surface area contributed by atoms with Gasteiger partial charge in [0.05, 0.1) is 5.56 Å². The summed E-state index contributed by atoms with van der Waals surface area (Å²) in [6, 6.07) is 3.76. The number of carbonyl (C=O) groups excluding carboxylic acids is 1. The van der Waals surface area contributed by atoms with Gasteiger partial charge in [0.1, 0.15) is 5.82 Å². The maximum atomic E-state index is 12.3. The molecule has 0 radical (unpaired) electrons. The van der Waals surface area contributed by atoms with Crippen molar-refractivity contribution in [1.82, 2.24) is 10.3 Å². The fourth-order valence-corrected chi connectivity index (χ4v) is 1.75. The Hall–Kier alpha value is -1.58. The van der Waals surface area contributed by atoms with Crippen LogP contribution in [0.15, 0.2) is 18.3 Å². The van der Waals surface area contributed by atoms with Crippen LogP contribution in [-0.4, -0.2) is 23.5 Å². The van der Waals surface area contributed by atoms with Crippen LogP contribution in [0.3, 0.4) is 0 Å². The third kappa shape index (κ3) is 4.54. The van der Waals surface area contributed by atoms with Gasteiger partial charge in [-0.25, -0.2) is 4.98 Å².